The molecule has 92 valence electrons. The van der Waals surface area contributed by atoms with Crippen LogP contribution in [-0.2, 0) is 0 Å². The molecule has 0 spiro atoms. The molecule has 0 radical (unpaired) electrons. The maximum atomic E-state index is 10.1. The fourth-order valence-electron chi connectivity index (χ4n) is 1.14. The minimum Gasteiger partial charge on any atom is -0.303 e. The summed E-state index contributed by atoms with van der Waals surface area (Å²) in [5, 5.41) is 26.5. The predicted molar refractivity (Wildman–Crippen MR) is 60.6 cm³/mol. The molecule has 2 N–H and O–H groups in total. The molecule has 0 aromatic heterocycles. The van der Waals surface area contributed by atoms with Crippen LogP contribution in [0.3, 0.4) is 0 Å². The molecule has 0 aliphatic carbocycles. The lowest BCUT2D eigenvalue weighted by molar-refractivity contribution is -0.389. The van der Waals surface area contributed by atoms with Crippen LogP contribution in [0, 0.1) is 20.2 Å². The van der Waals surface area contributed by atoms with Crippen molar-refractivity contribution >= 4 is 11.4 Å². The molecule has 0 unspecified atom stereocenters. The van der Waals surface area contributed by atoms with Crippen molar-refractivity contribution in [2.45, 2.75) is 0 Å². The molecular formula is C9H12N4O4. The highest BCUT2D eigenvalue weighted by molar-refractivity contribution is 5.39. The van der Waals surface area contributed by atoms with Gasteiger partial charge in [-0.1, -0.05) is 0 Å². The molecule has 0 bridgehead atoms. The predicted octanol–water partition coefficient (Wildman–Crippen LogP) is 0.640. The molecule has 2 rings (SSSR count). The maximum Gasteiger partial charge on any atom is 0.269 e. The number of hydrogen-bond donors (Lipinski definition) is 2. The van der Waals surface area contributed by atoms with E-state index in [0.717, 1.165) is 44.0 Å². The lowest BCUT2D eigenvalue weighted by Gasteiger charge is -1.90. The Hall–Kier alpha value is -2.06. The van der Waals surface area contributed by atoms with Crippen LogP contribution in [0.15, 0.2) is 24.3 Å². The summed E-state index contributed by atoms with van der Waals surface area (Å²) in [4.78, 5) is 19.0. The molecule has 1 aromatic carbocycles. The highest BCUT2D eigenvalue weighted by atomic mass is 16.6. The molecule has 0 saturated carbocycles. The quantitative estimate of drug-likeness (QED) is 0.579. The standard InChI is InChI=1S/C6H4N2O4.C3H8N2/c9-7(10)5-1-2-6(4-3-5)8(11)12;1-2-5-3-4-1/h1-4H;4-5H,1-3H2. The number of nitro groups is 2. The third-order valence-corrected chi connectivity index (χ3v) is 2.00. The normalized spacial score (nSPS) is 13.6. The summed E-state index contributed by atoms with van der Waals surface area (Å²) < 4.78 is 0. The smallest absolute Gasteiger partial charge is 0.269 e. The summed E-state index contributed by atoms with van der Waals surface area (Å²) in [5.74, 6) is 0. The van der Waals surface area contributed by atoms with Crippen molar-refractivity contribution in [3.8, 4) is 0 Å². The van der Waals surface area contributed by atoms with Gasteiger partial charge in [-0.15, -0.1) is 0 Å². The van der Waals surface area contributed by atoms with Crippen LogP contribution in [0.1, 0.15) is 0 Å². The first-order chi connectivity index (χ1) is 8.11. The Morgan fingerprint density at radius 3 is 1.41 bits per heavy atom. The Labute approximate surface area is 96.9 Å². The van der Waals surface area contributed by atoms with Crippen LogP contribution in [0.4, 0.5) is 11.4 Å². The molecule has 0 amide bonds. The fourth-order valence-corrected chi connectivity index (χ4v) is 1.14. The van der Waals surface area contributed by atoms with E-state index in [9.17, 15) is 20.2 Å². The Morgan fingerprint density at radius 1 is 0.882 bits per heavy atom. The largest absolute Gasteiger partial charge is 0.303 e. The zero-order chi connectivity index (χ0) is 12.7. The summed E-state index contributed by atoms with van der Waals surface area (Å²) in [5.41, 5.74) is -0.304. The van der Waals surface area contributed by atoms with Gasteiger partial charge in [0.25, 0.3) is 11.4 Å². The van der Waals surface area contributed by atoms with Gasteiger partial charge in [-0.25, -0.2) is 0 Å². The third kappa shape index (κ3) is 4.53. The Kier molecular flexibility index (Phi) is 4.98. The van der Waals surface area contributed by atoms with E-state index in [4.69, 9.17) is 0 Å². The van der Waals surface area contributed by atoms with E-state index >= 15 is 0 Å². The van der Waals surface area contributed by atoms with Crippen LogP contribution >= 0.6 is 0 Å². The summed E-state index contributed by atoms with van der Waals surface area (Å²) in [7, 11) is 0. The zero-order valence-electron chi connectivity index (χ0n) is 8.96. The molecule has 1 heterocycles. The molecule has 1 aliphatic rings. The fraction of sp³-hybridized carbons (Fsp3) is 0.333. The van der Waals surface area contributed by atoms with Gasteiger partial charge in [0.15, 0.2) is 0 Å². The van der Waals surface area contributed by atoms with Crippen molar-refractivity contribution in [1.82, 2.24) is 10.6 Å². The van der Waals surface area contributed by atoms with E-state index in [1.807, 2.05) is 0 Å². The van der Waals surface area contributed by atoms with Crippen LogP contribution in [-0.4, -0.2) is 29.6 Å². The summed E-state index contributed by atoms with van der Waals surface area (Å²) in [6.45, 7) is 3.28. The summed E-state index contributed by atoms with van der Waals surface area (Å²) >= 11 is 0. The van der Waals surface area contributed by atoms with Gasteiger partial charge < -0.3 is 10.6 Å². The lowest BCUT2D eigenvalue weighted by Crippen LogP contribution is -2.11. The van der Waals surface area contributed by atoms with Crippen molar-refractivity contribution in [3.05, 3.63) is 44.5 Å². The van der Waals surface area contributed by atoms with Crippen LogP contribution in [0.5, 0.6) is 0 Å². The number of hydrogen-bond acceptors (Lipinski definition) is 6. The monoisotopic (exact) mass is 240 g/mol. The van der Waals surface area contributed by atoms with Gasteiger partial charge in [0.05, 0.1) is 9.85 Å². The van der Waals surface area contributed by atoms with E-state index in [2.05, 4.69) is 10.6 Å². The van der Waals surface area contributed by atoms with Crippen LogP contribution in [0.2, 0.25) is 0 Å². The molecule has 8 nitrogen and oxygen atoms in total. The first-order valence-corrected chi connectivity index (χ1v) is 4.91. The van der Waals surface area contributed by atoms with Gasteiger partial charge in [-0.2, -0.15) is 0 Å². The second kappa shape index (κ2) is 6.51. The summed E-state index contributed by atoms with van der Waals surface area (Å²) in [6, 6.07) is 4.38. The highest BCUT2D eigenvalue weighted by Gasteiger charge is 2.08. The first-order valence-electron chi connectivity index (χ1n) is 4.91. The van der Waals surface area contributed by atoms with Crippen molar-refractivity contribution in [2.75, 3.05) is 19.8 Å². The molecule has 0 atom stereocenters. The number of non-ortho nitro benzene ring substituents is 2. The van der Waals surface area contributed by atoms with E-state index < -0.39 is 9.85 Å². The Balaban J connectivity index is 0.000000239. The van der Waals surface area contributed by atoms with Gasteiger partial charge in [-0.05, 0) is 0 Å². The number of nitro benzene ring substituents is 2. The SMILES string of the molecule is C1CNCN1.O=[N+]([O-])c1ccc([N+](=O)[O-])cc1. The van der Waals surface area contributed by atoms with Gasteiger partial charge in [0.2, 0.25) is 0 Å². The van der Waals surface area contributed by atoms with Crippen molar-refractivity contribution in [3.63, 3.8) is 0 Å². The topological polar surface area (TPSA) is 110 Å². The molecule has 1 fully saturated rings. The highest BCUT2D eigenvalue weighted by Crippen LogP contribution is 2.16. The Bertz CT molecular complexity index is 348. The van der Waals surface area contributed by atoms with Crippen LogP contribution < -0.4 is 10.6 Å². The average molecular weight is 240 g/mol. The minimum absolute atomic E-state index is 0.152. The molecule has 1 aromatic rings. The van der Waals surface area contributed by atoms with E-state index in [-0.39, 0.29) is 11.4 Å². The molecular weight excluding hydrogens is 228 g/mol. The van der Waals surface area contributed by atoms with E-state index in [1.165, 1.54) is 0 Å². The van der Waals surface area contributed by atoms with E-state index in [0.29, 0.717) is 0 Å². The lowest BCUT2D eigenvalue weighted by atomic mass is 10.3. The number of rotatable bonds is 2. The zero-order valence-corrected chi connectivity index (χ0v) is 8.96. The second-order valence-electron chi connectivity index (χ2n) is 3.21. The van der Waals surface area contributed by atoms with Gasteiger partial charge in [0.1, 0.15) is 0 Å². The van der Waals surface area contributed by atoms with E-state index in [1.54, 1.807) is 0 Å². The Morgan fingerprint density at radius 2 is 1.24 bits per heavy atom. The van der Waals surface area contributed by atoms with Crippen LogP contribution in [0.25, 0.3) is 0 Å². The number of benzene rings is 1. The minimum atomic E-state index is -0.607. The third-order valence-electron chi connectivity index (χ3n) is 2.00. The number of nitrogens with one attached hydrogen (secondary N) is 2. The maximum absolute atomic E-state index is 10.1. The van der Waals surface area contributed by atoms with Gasteiger partial charge in [-0.3, -0.25) is 20.2 Å². The van der Waals surface area contributed by atoms with Crippen molar-refractivity contribution in [1.29, 1.82) is 0 Å². The second-order valence-corrected chi connectivity index (χ2v) is 3.21. The molecule has 1 saturated heterocycles. The average Bonchev–Trinajstić information content (AvgIpc) is 2.87. The van der Waals surface area contributed by atoms with Crippen molar-refractivity contribution in [2.24, 2.45) is 0 Å². The first kappa shape index (κ1) is 13.0. The summed E-state index contributed by atoms with van der Waals surface area (Å²) in [6.07, 6.45) is 0. The van der Waals surface area contributed by atoms with Gasteiger partial charge in [0, 0.05) is 44.0 Å². The molecule has 8 heteroatoms. The van der Waals surface area contributed by atoms with Crippen molar-refractivity contribution < 1.29 is 9.85 Å². The number of nitrogens with zero attached hydrogens (tertiary/aromatic N) is 2. The molecule has 17 heavy (non-hydrogen) atoms. The van der Waals surface area contributed by atoms with Gasteiger partial charge >= 0.3 is 0 Å². The molecule has 1 aliphatic heterocycles.